The van der Waals surface area contributed by atoms with Gasteiger partial charge in [0.1, 0.15) is 6.04 Å². The number of benzene rings is 1. The minimum absolute atomic E-state index is 0.0550. The predicted octanol–water partition coefficient (Wildman–Crippen LogP) is 2.75. The fourth-order valence-corrected chi connectivity index (χ4v) is 2.77. The van der Waals surface area contributed by atoms with Crippen LogP contribution in [0.3, 0.4) is 0 Å². The molecule has 1 aromatic heterocycles. The first-order valence-electron chi connectivity index (χ1n) is 8.66. The summed E-state index contributed by atoms with van der Waals surface area (Å²) >= 11 is 0. The maximum atomic E-state index is 12.7. The highest BCUT2D eigenvalue weighted by atomic mass is 16.2. The molecule has 1 fully saturated rings. The normalized spacial score (nSPS) is 18.0. The summed E-state index contributed by atoms with van der Waals surface area (Å²) in [6.45, 7) is 6.25. The molecule has 1 saturated carbocycles. The Bertz CT molecular complexity index is 678. The Labute approximate surface area is 143 Å². The van der Waals surface area contributed by atoms with Crippen LogP contribution in [-0.2, 0) is 4.79 Å². The van der Waals surface area contributed by atoms with E-state index in [0.29, 0.717) is 6.04 Å². The summed E-state index contributed by atoms with van der Waals surface area (Å²) in [6.07, 6.45) is 6.07. The number of rotatable bonds is 7. The molecule has 0 saturated heterocycles. The smallest absolute Gasteiger partial charge is 0.241 e. The lowest BCUT2D eigenvalue weighted by Crippen LogP contribution is -2.44. The zero-order valence-electron chi connectivity index (χ0n) is 14.6. The van der Waals surface area contributed by atoms with Crippen molar-refractivity contribution in [2.24, 2.45) is 0 Å². The predicted molar refractivity (Wildman–Crippen MR) is 94.6 cm³/mol. The van der Waals surface area contributed by atoms with Crippen LogP contribution in [0.1, 0.15) is 49.9 Å². The standard InChI is InChI=1S/C19H26N4O/c1-13-11-20-23(12-13)15(3)14(2)21-18(16-7-5-4-6-8-16)19(24)22-17-9-10-17/h4-8,11-12,14-15,17-18,21H,9-10H2,1-3H3,(H,22,24)/t14-,15+,18-/m0/s1. The third-order valence-corrected chi connectivity index (χ3v) is 4.62. The topological polar surface area (TPSA) is 59.0 Å². The molecule has 0 spiro atoms. The van der Waals surface area contributed by atoms with Gasteiger partial charge in [-0.25, -0.2) is 0 Å². The number of nitrogens with zero attached hydrogens (tertiary/aromatic N) is 2. The molecular weight excluding hydrogens is 300 g/mol. The van der Waals surface area contributed by atoms with Crippen molar-refractivity contribution in [1.82, 2.24) is 20.4 Å². The van der Waals surface area contributed by atoms with Crippen molar-refractivity contribution in [1.29, 1.82) is 0 Å². The molecule has 0 unspecified atom stereocenters. The summed E-state index contributed by atoms with van der Waals surface area (Å²) in [7, 11) is 0. The summed E-state index contributed by atoms with van der Waals surface area (Å²) in [6, 6.07) is 10.2. The average Bonchev–Trinajstić information content (AvgIpc) is 3.30. The van der Waals surface area contributed by atoms with Crippen LogP contribution < -0.4 is 10.6 Å². The molecule has 1 aromatic carbocycles. The van der Waals surface area contributed by atoms with Gasteiger partial charge in [-0.3, -0.25) is 14.8 Å². The van der Waals surface area contributed by atoms with E-state index in [9.17, 15) is 4.79 Å². The van der Waals surface area contributed by atoms with Crippen molar-refractivity contribution in [3.8, 4) is 0 Å². The van der Waals surface area contributed by atoms with Crippen LogP contribution in [0.5, 0.6) is 0 Å². The average molecular weight is 326 g/mol. The molecule has 2 N–H and O–H groups in total. The monoisotopic (exact) mass is 326 g/mol. The molecule has 5 heteroatoms. The van der Waals surface area contributed by atoms with Gasteiger partial charge in [0.2, 0.25) is 5.91 Å². The largest absolute Gasteiger partial charge is 0.352 e. The third-order valence-electron chi connectivity index (χ3n) is 4.62. The zero-order chi connectivity index (χ0) is 17.1. The number of hydrogen-bond donors (Lipinski definition) is 2. The van der Waals surface area contributed by atoms with Crippen LogP contribution in [-0.4, -0.2) is 27.8 Å². The summed E-state index contributed by atoms with van der Waals surface area (Å²) in [4.78, 5) is 12.7. The quantitative estimate of drug-likeness (QED) is 0.822. The second kappa shape index (κ2) is 7.18. The maximum Gasteiger partial charge on any atom is 0.241 e. The van der Waals surface area contributed by atoms with E-state index in [1.807, 2.05) is 54.3 Å². The van der Waals surface area contributed by atoms with E-state index >= 15 is 0 Å². The van der Waals surface area contributed by atoms with E-state index in [0.717, 1.165) is 24.0 Å². The minimum Gasteiger partial charge on any atom is -0.352 e. The van der Waals surface area contributed by atoms with E-state index in [1.54, 1.807) is 0 Å². The number of aromatic nitrogens is 2. The van der Waals surface area contributed by atoms with Crippen LogP contribution in [0.25, 0.3) is 0 Å². The van der Waals surface area contributed by atoms with Gasteiger partial charge in [-0.15, -0.1) is 0 Å². The maximum absolute atomic E-state index is 12.7. The Morgan fingerprint density at radius 2 is 1.96 bits per heavy atom. The minimum atomic E-state index is -0.346. The van der Waals surface area contributed by atoms with Crippen molar-refractivity contribution >= 4 is 5.91 Å². The summed E-state index contributed by atoms with van der Waals surface area (Å²) < 4.78 is 1.95. The molecule has 3 rings (SSSR count). The second-order valence-corrected chi connectivity index (χ2v) is 6.82. The number of nitrogens with one attached hydrogen (secondary N) is 2. The van der Waals surface area contributed by atoms with Crippen molar-refractivity contribution in [2.45, 2.75) is 57.8 Å². The zero-order valence-corrected chi connectivity index (χ0v) is 14.6. The fraction of sp³-hybridized carbons (Fsp3) is 0.474. The van der Waals surface area contributed by atoms with Crippen molar-refractivity contribution in [2.75, 3.05) is 0 Å². The molecule has 1 aliphatic rings. The van der Waals surface area contributed by atoms with Crippen LogP contribution in [0, 0.1) is 6.92 Å². The van der Waals surface area contributed by atoms with Crippen LogP contribution in [0.15, 0.2) is 42.7 Å². The first-order valence-corrected chi connectivity index (χ1v) is 8.66. The Balaban J connectivity index is 1.73. The highest BCUT2D eigenvalue weighted by Crippen LogP contribution is 2.22. The molecule has 1 amide bonds. The van der Waals surface area contributed by atoms with Crippen molar-refractivity contribution in [3.63, 3.8) is 0 Å². The van der Waals surface area contributed by atoms with Gasteiger partial charge in [-0.1, -0.05) is 30.3 Å². The molecule has 3 atom stereocenters. The van der Waals surface area contributed by atoms with Gasteiger partial charge in [0, 0.05) is 18.3 Å². The third kappa shape index (κ3) is 4.03. The van der Waals surface area contributed by atoms with E-state index in [1.165, 1.54) is 0 Å². The Kier molecular flexibility index (Phi) is 5.00. The summed E-state index contributed by atoms with van der Waals surface area (Å²) in [5.74, 6) is 0.0550. The van der Waals surface area contributed by atoms with Gasteiger partial charge < -0.3 is 5.32 Å². The van der Waals surface area contributed by atoms with Crippen LogP contribution in [0.2, 0.25) is 0 Å². The highest BCUT2D eigenvalue weighted by Gasteiger charge is 2.30. The van der Waals surface area contributed by atoms with Gasteiger partial charge in [0.05, 0.1) is 12.2 Å². The molecule has 128 valence electrons. The summed E-state index contributed by atoms with van der Waals surface area (Å²) in [5, 5.41) is 11.0. The number of carbonyl (C=O) groups is 1. The number of aryl methyl sites for hydroxylation is 1. The molecule has 5 nitrogen and oxygen atoms in total. The Morgan fingerprint density at radius 3 is 2.54 bits per heavy atom. The Hall–Kier alpha value is -2.14. The summed E-state index contributed by atoms with van der Waals surface area (Å²) in [5.41, 5.74) is 2.13. The van der Waals surface area contributed by atoms with Gasteiger partial charge >= 0.3 is 0 Å². The second-order valence-electron chi connectivity index (χ2n) is 6.82. The van der Waals surface area contributed by atoms with E-state index < -0.39 is 0 Å². The fourth-order valence-electron chi connectivity index (χ4n) is 2.77. The molecule has 1 heterocycles. The van der Waals surface area contributed by atoms with E-state index in [4.69, 9.17) is 0 Å². The van der Waals surface area contributed by atoms with Gasteiger partial charge in [0.25, 0.3) is 0 Å². The highest BCUT2D eigenvalue weighted by molar-refractivity contribution is 5.83. The Morgan fingerprint density at radius 1 is 1.25 bits per heavy atom. The van der Waals surface area contributed by atoms with E-state index in [2.05, 4.69) is 29.6 Å². The first kappa shape index (κ1) is 16.7. The van der Waals surface area contributed by atoms with E-state index in [-0.39, 0.29) is 24.0 Å². The van der Waals surface area contributed by atoms with Gasteiger partial charge in [0.15, 0.2) is 0 Å². The van der Waals surface area contributed by atoms with Gasteiger partial charge in [-0.05, 0) is 44.7 Å². The van der Waals surface area contributed by atoms with Crippen molar-refractivity contribution in [3.05, 3.63) is 53.9 Å². The lowest BCUT2D eigenvalue weighted by atomic mass is 10.0. The van der Waals surface area contributed by atoms with Crippen LogP contribution in [0.4, 0.5) is 0 Å². The molecule has 24 heavy (non-hydrogen) atoms. The molecule has 0 bridgehead atoms. The first-order chi connectivity index (χ1) is 11.5. The molecule has 1 aliphatic carbocycles. The molecule has 2 aromatic rings. The SMILES string of the molecule is Cc1cnn([C@H](C)[C@H](C)N[C@H](C(=O)NC2CC2)c2ccccc2)c1. The number of hydrogen-bond acceptors (Lipinski definition) is 3. The molecule has 0 radical (unpaired) electrons. The number of amides is 1. The lowest BCUT2D eigenvalue weighted by molar-refractivity contribution is -0.123. The molecular formula is C19H26N4O. The van der Waals surface area contributed by atoms with Crippen molar-refractivity contribution < 1.29 is 4.79 Å². The van der Waals surface area contributed by atoms with Gasteiger partial charge in [-0.2, -0.15) is 5.10 Å². The number of carbonyl (C=O) groups excluding carboxylic acids is 1. The molecule has 0 aliphatic heterocycles. The lowest BCUT2D eigenvalue weighted by Gasteiger charge is -2.27. The van der Waals surface area contributed by atoms with Crippen LogP contribution >= 0.6 is 0 Å².